The minimum atomic E-state index is -3.23. The fraction of sp³-hybridized carbons (Fsp3) is 0.340. The first kappa shape index (κ1) is 43.3. The van der Waals surface area contributed by atoms with E-state index in [4.69, 9.17) is 13.9 Å². The van der Waals surface area contributed by atoms with Crippen molar-refractivity contribution in [1.29, 1.82) is 0 Å². The van der Waals surface area contributed by atoms with Crippen LogP contribution in [-0.4, -0.2) is 66.6 Å². The normalized spacial score (nSPS) is 16.6. The maximum Gasteiger partial charge on any atom is 0.356 e. The van der Waals surface area contributed by atoms with Crippen LogP contribution in [0.25, 0.3) is 0 Å². The number of Topliss-reactive ketones (excluding diaryl/α,β-unsaturated/α-hetero) is 1. The lowest BCUT2D eigenvalue weighted by Gasteiger charge is -2.53. The lowest BCUT2D eigenvalue weighted by atomic mass is 9.79. The summed E-state index contributed by atoms with van der Waals surface area (Å²) in [7, 11) is -2.41. The van der Waals surface area contributed by atoms with E-state index in [0.717, 1.165) is 15.9 Å². The lowest BCUT2D eigenvalue weighted by molar-refractivity contribution is -0.156. The van der Waals surface area contributed by atoms with Crippen LogP contribution < -0.4 is 15.9 Å². The number of β-lactam (4-membered cyclic amide) rings is 1. The SMILES string of the molecule is C=CCOC(=O)C(N1C(=O)[C@H]([C@H](C)O[Si](C)(C)C(C)(C)C)[C@H]1CC(=O)c1cccc(C(=O)OC(C)(C)C)c1)=P(c1ccccc1)(c1ccccc1)c1ccccc1. The summed E-state index contributed by atoms with van der Waals surface area (Å²) in [6.07, 6.45) is 0.775. The highest BCUT2D eigenvalue weighted by Gasteiger charge is 2.57. The number of rotatable bonds is 14. The second-order valence-corrected chi connectivity index (χ2v) is 25.1. The Morgan fingerprint density at radius 3 is 1.74 bits per heavy atom. The molecule has 4 aromatic carbocycles. The van der Waals surface area contributed by atoms with Crippen LogP contribution in [0.15, 0.2) is 128 Å². The maximum absolute atomic E-state index is 15.2. The van der Waals surface area contributed by atoms with Gasteiger partial charge in [-0.1, -0.05) is 137 Å². The fourth-order valence-electron chi connectivity index (χ4n) is 7.10. The van der Waals surface area contributed by atoms with Crippen molar-refractivity contribution in [3.8, 4) is 0 Å². The summed E-state index contributed by atoms with van der Waals surface area (Å²) in [6, 6.07) is 34.9. The van der Waals surface area contributed by atoms with Gasteiger partial charge >= 0.3 is 11.9 Å². The molecular formula is C47H56NO7PSi. The zero-order valence-electron chi connectivity index (χ0n) is 34.7. The molecule has 1 saturated heterocycles. The number of carbonyl (C=O) groups excluding carboxylic acids is 4. The Kier molecular flexibility index (Phi) is 13.2. The molecule has 5 rings (SSSR count). The molecule has 0 radical (unpaired) electrons. The van der Waals surface area contributed by atoms with Gasteiger partial charge in [0.15, 0.2) is 14.1 Å². The molecule has 8 nitrogen and oxygen atoms in total. The smallest absolute Gasteiger partial charge is 0.356 e. The number of carbonyl (C=O) groups is 4. The Morgan fingerprint density at radius 2 is 1.28 bits per heavy atom. The molecule has 10 heteroatoms. The third-order valence-corrected chi connectivity index (χ3v) is 19.6. The number of ketones is 1. The third kappa shape index (κ3) is 9.17. The standard InChI is InChI=1S/C47H56NO7PSi/c1-11-30-53-45(52)43(56(36-24-15-12-16-25-36,37-26-17-13-18-27-37)38-28-19-14-20-29-38)48-39(41(42(48)50)33(2)55-57(9,10)47(6,7)8)32-40(49)34-22-21-23-35(31-34)44(51)54-46(3,4)5/h11-29,31,33,39,41H,1,30,32H2,2-10H3/t33-,39+,41+/m0/s1. The Labute approximate surface area is 339 Å². The summed E-state index contributed by atoms with van der Waals surface area (Å²) in [5.74, 6) is -2.60. The van der Waals surface area contributed by atoms with Crippen LogP contribution in [0.4, 0.5) is 0 Å². The molecule has 57 heavy (non-hydrogen) atoms. The second kappa shape index (κ2) is 17.4. The second-order valence-electron chi connectivity index (χ2n) is 17.0. The Hall–Kier alpha value is -4.82. The molecule has 0 aromatic heterocycles. The summed E-state index contributed by atoms with van der Waals surface area (Å²) >= 11 is 0. The van der Waals surface area contributed by atoms with Crippen LogP contribution >= 0.6 is 6.89 Å². The predicted octanol–water partition coefficient (Wildman–Crippen LogP) is 8.31. The minimum Gasteiger partial charge on any atom is -0.457 e. The van der Waals surface area contributed by atoms with Crippen molar-refractivity contribution in [3.05, 3.63) is 139 Å². The molecule has 1 fully saturated rings. The molecule has 0 aliphatic carbocycles. The molecule has 4 aromatic rings. The maximum atomic E-state index is 15.2. The first-order valence-electron chi connectivity index (χ1n) is 19.4. The van der Waals surface area contributed by atoms with E-state index >= 15 is 4.79 Å². The van der Waals surface area contributed by atoms with Crippen LogP contribution in [-0.2, 0) is 23.5 Å². The molecule has 0 N–H and O–H groups in total. The monoisotopic (exact) mass is 805 g/mol. The van der Waals surface area contributed by atoms with Gasteiger partial charge in [-0.3, -0.25) is 9.59 Å². The van der Waals surface area contributed by atoms with Crippen LogP contribution in [0.5, 0.6) is 0 Å². The van der Waals surface area contributed by atoms with E-state index in [-0.39, 0.29) is 40.7 Å². The van der Waals surface area contributed by atoms with Crippen molar-refractivity contribution in [1.82, 2.24) is 4.90 Å². The molecule has 0 saturated carbocycles. The molecule has 0 spiro atoms. The van der Waals surface area contributed by atoms with Crippen molar-refractivity contribution in [2.24, 2.45) is 5.92 Å². The Morgan fingerprint density at radius 1 is 0.789 bits per heavy atom. The van der Waals surface area contributed by atoms with Gasteiger partial charge in [0, 0.05) is 18.9 Å². The van der Waals surface area contributed by atoms with Crippen LogP contribution in [0.3, 0.4) is 0 Å². The number of esters is 2. The van der Waals surface area contributed by atoms with E-state index in [1.807, 2.05) is 97.9 Å². The number of ether oxygens (including phenoxy) is 2. The summed E-state index contributed by atoms with van der Waals surface area (Å²) in [5, 5.41) is 2.36. The number of hydrogen-bond acceptors (Lipinski definition) is 7. The van der Waals surface area contributed by atoms with Gasteiger partial charge in [0.05, 0.1) is 23.6 Å². The van der Waals surface area contributed by atoms with Crippen molar-refractivity contribution in [2.75, 3.05) is 6.61 Å². The van der Waals surface area contributed by atoms with E-state index in [9.17, 15) is 14.4 Å². The Balaban J connectivity index is 1.80. The molecule has 0 bridgehead atoms. The average molecular weight is 806 g/mol. The van der Waals surface area contributed by atoms with E-state index in [0.29, 0.717) is 5.56 Å². The molecule has 1 heterocycles. The topological polar surface area (TPSA) is 99.2 Å². The van der Waals surface area contributed by atoms with Crippen LogP contribution in [0.2, 0.25) is 18.1 Å². The molecular weight excluding hydrogens is 750 g/mol. The predicted molar refractivity (Wildman–Crippen MR) is 234 cm³/mol. The van der Waals surface area contributed by atoms with E-state index in [1.54, 1.807) is 39.0 Å². The van der Waals surface area contributed by atoms with Crippen molar-refractivity contribution >= 4 is 60.2 Å². The van der Waals surface area contributed by atoms with Gasteiger partial charge in [-0.15, -0.1) is 0 Å². The lowest BCUT2D eigenvalue weighted by Crippen LogP contribution is -2.69. The third-order valence-electron chi connectivity index (χ3n) is 10.8. The summed E-state index contributed by atoms with van der Waals surface area (Å²) < 4.78 is 18.4. The zero-order chi connectivity index (χ0) is 41.8. The van der Waals surface area contributed by atoms with Gasteiger partial charge < -0.3 is 18.8 Å². The first-order valence-corrected chi connectivity index (χ1v) is 24.1. The van der Waals surface area contributed by atoms with E-state index in [2.05, 4.69) is 40.4 Å². The molecule has 3 atom stereocenters. The highest BCUT2D eigenvalue weighted by Crippen LogP contribution is 2.51. The summed E-state index contributed by atoms with van der Waals surface area (Å²) in [4.78, 5) is 59.3. The first-order chi connectivity index (χ1) is 26.8. The number of nitrogens with zero attached hydrogens (tertiary/aromatic N) is 1. The van der Waals surface area contributed by atoms with E-state index < -0.39 is 50.8 Å². The fourth-order valence-corrected chi connectivity index (χ4v) is 12.9. The Bertz CT molecular complexity index is 2050. The molecule has 0 unspecified atom stereocenters. The highest BCUT2D eigenvalue weighted by atomic mass is 31.2. The number of likely N-dealkylation sites (tertiary alicyclic amines) is 1. The number of hydrogen-bond donors (Lipinski definition) is 0. The van der Waals surface area contributed by atoms with Gasteiger partial charge in [-0.2, -0.15) is 0 Å². The van der Waals surface area contributed by atoms with Crippen LogP contribution in [0, 0.1) is 5.92 Å². The van der Waals surface area contributed by atoms with E-state index in [1.165, 1.54) is 17.0 Å². The largest absolute Gasteiger partial charge is 0.457 e. The van der Waals surface area contributed by atoms with Gasteiger partial charge in [0.25, 0.3) is 0 Å². The molecule has 1 amide bonds. The molecule has 300 valence electrons. The average Bonchev–Trinajstić information content (AvgIpc) is 3.16. The number of benzene rings is 4. The molecule has 1 aliphatic rings. The van der Waals surface area contributed by atoms with Crippen molar-refractivity contribution in [3.63, 3.8) is 0 Å². The van der Waals surface area contributed by atoms with Crippen LogP contribution in [0.1, 0.15) is 75.6 Å². The van der Waals surface area contributed by atoms with Gasteiger partial charge in [0.2, 0.25) is 5.91 Å². The van der Waals surface area contributed by atoms with Crippen molar-refractivity contribution in [2.45, 2.75) is 90.8 Å². The molecule has 1 aliphatic heterocycles. The summed E-state index contributed by atoms with van der Waals surface area (Å²) in [6.45, 7) is 18.4. The summed E-state index contributed by atoms with van der Waals surface area (Å²) in [5.41, 5.74) is -0.0178. The minimum absolute atomic E-state index is 0.0852. The highest BCUT2D eigenvalue weighted by molar-refractivity contribution is 7.96. The van der Waals surface area contributed by atoms with Crippen molar-refractivity contribution < 1.29 is 33.1 Å². The van der Waals surface area contributed by atoms with Gasteiger partial charge in [-0.25, -0.2) is 9.59 Å². The zero-order valence-corrected chi connectivity index (χ0v) is 36.5. The quantitative estimate of drug-likeness (QED) is 0.0316. The number of amides is 1. The van der Waals surface area contributed by atoms with Gasteiger partial charge in [-0.05, 0) is 73.9 Å². The van der Waals surface area contributed by atoms with Gasteiger partial charge in [0.1, 0.15) is 17.6 Å².